The Balaban J connectivity index is 3.26. The summed E-state index contributed by atoms with van der Waals surface area (Å²) in [6, 6.07) is 0. The van der Waals surface area contributed by atoms with Gasteiger partial charge in [0.25, 0.3) is 0 Å². The predicted octanol–water partition coefficient (Wildman–Crippen LogP) is 0.401. The van der Waals surface area contributed by atoms with E-state index >= 15 is 0 Å². The van der Waals surface area contributed by atoms with Crippen molar-refractivity contribution in [1.29, 1.82) is 0 Å². The van der Waals surface area contributed by atoms with Crippen molar-refractivity contribution >= 4 is 23.7 Å². The average molecular weight is 193 g/mol. The Labute approximate surface area is 44.5 Å². The number of rotatable bonds is 1. The number of hydrogen-bond donors (Lipinski definition) is 1. The Morgan fingerprint density at radius 2 is 1.83 bits per heavy atom. The topological polar surface area (TPSA) is 43.1 Å². The summed E-state index contributed by atoms with van der Waals surface area (Å²) < 4.78 is -0.0441. The van der Waals surface area contributed by atoms with Gasteiger partial charge in [-0.05, 0) is 0 Å². The summed E-state index contributed by atoms with van der Waals surface area (Å²) in [5.74, 6) is 0. The molecule has 0 aromatic carbocycles. The predicted molar refractivity (Wildman–Crippen MR) is 27.1 cm³/mol. The first-order valence-corrected chi connectivity index (χ1v) is 8.88. The van der Waals surface area contributed by atoms with Gasteiger partial charge in [-0.3, -0.25) is 0 Å². The molecule has 0 saturated heterocycles. The van der Waals surface area contributed by atoms with Gasteiger partial charge < -0.3 is 0 Å². The van der Waals surface area contributed by atoms with Gasteiger partial charge in [0, 0.05) is 0 Å². The number of carbonyl (C=O) groups excluding carboxylic acids is 1. The van der Waals surface area contributed by atoms with Crippen LogP contribution in [-0.2, 0) is 0 Å². The van der Waals surface area contributed by atoms with Gasteiger partial charge in [-0.15, -0.1) is 0 Å². The third kappa shape index (κ3) is 2.50. The fourth-order valence-corrected chi connectivity index (χ4v) is 0. The molecule has 35 valence electrons. The van der Waals surface area contributed by atoms with Gasteiger partial charge in [0.2, 0.25) is 0 Å². The molecule has 0 rings (SSSR count). The molecule has 0 fully saturated rings. The van der Waals surface area contributed by atoms with Crippen LogP contribution >= 0.6 is 0 Å². The van der Waals surface area contributed by atoms with E-state index in [9.17, 15) is 4.79 Å². The van der Waals surface area contributed by atoms with Gasteiger partial charge in [-0.2, -0.15) is 0 Å². The molecule has 3 heteroatoms. The summed E-state index contributed by atoms with van der Waals surface area (Å²) in [4.78, 5) is 13.9. The van der Waals surface area contributed by atoms with Gasteiger partial charge in [0.05, 0.1) is 0 Å². The molecule has 0 bridgehead atoms. The van der Waals surface area contributed by atoms with Crippen LogP contribution in [0.5, 0.6) is 0 Å². The van der Waals surface area contributed by atoms with E-state index < -0.39 is 19.8 Å². The first-order chi connectivity index (χ1) is 2.64. The Hall–Kier alpha value is 0.269. The number of nitrogens with two attached hydrogens (primary N) is 1. The molecule has 0 aliphatic heterocycles. The molecule has 0 atom stereocenters. The quantitative estimate of drug-likeness (QED) is 0.601. The molecule has 2 nitrogen and oxygen atoms in total. The third-order valence-electron chi connectivity index (χ3n) is 0.493. The first kappa shape index (κ1) is 6.27. The monoisotopic (exact) mass is 194 g/mol. The first-order valence-electron chi connectivity index (χ1n) is 1.74. The van der Waals surface area contributed by atoms with Crippen LogP contribution in [-0.4, -0.2) is 23.7 Å². The van der Waals surface area contributed by atoms with Crippen LogP contribution in [0, 0.1) is 0 Å². The maximum atomic E-state index is 10.0. The summed E-state index contributed by atoms with van der Waals surface area (Å²) in [5.41, 5.74) is 4.88. The molecule has 0 aromatic heterocycles. The number of hydrogen-bond acceptors (Lipinski definition) is 1. The average Bonchev–Trinajstić information content (AvgIpc) is 1.36. The zero-order valence-electron chi connectivity index (χ0n) is 3.99. The van der Waals surface area contributed by atoms with E-state index in [-0.39, 0.29) is 3.92 Å². The summed E-state index contributed by atoms with van der Waals surface area (Å²) in [7, 11) is 0. The summed E-state index contributed by atoms with van der Waals surface area (Å²) >= 11 is -1.56. The Kier molecular flexibility index (Phi) is 2.55. The minimum absolute atomic E-state index is 0.0441. The molecule has 0 aliphatic carbocycles. The molecular weight excluding hydrogens is 185 g/mol. The van der Waals surface area contributed by atoms with Crippen LogP contribution in [0.3, 0.4) is 0 Å². The van der Waals surface area contributed by atoms with E-state index in [1.807, 2.05) is 9.88 Å². The molecule has 2 N–H and O–H groups in total. The molecule has 0 unspecified atom stereocenters. The molecule has 0 spiro atoms. The molecule has 0 saturated carbocycles. The molecule has 1 radical (unpaired) electrons. The Morgan fingerprint density at radius 1 is 1.67 bits per heavy atom. The van der Waals surface area contributed by atoms with E-state index in [1.165, 1.54) is 0 Å². The Bertz CT molecular complexity index is 61.8. The van der Waals surface area contributed by atoms with E-state index in [2.05, 4.69) is 0 Å². The van der Waals surface area contributed by atoms with E-state index in [0.717, 1.165) is 0 Å². The fourth-order valence-electron chi connectivity index (χ4n) is 0. The van der Waals surface area contributed by atoms with Crippen LogP contribution in [0.15, 0.2) is 0 Å². The summed E-state index contributed by atoms with van der Waals surface area (Å²) in [5, 5.41) is 0. The SMILES string of the molecule is [CH3][Sn]([CH3])[C](N)=O. The van der Waals surface area contributed by atoms with Crippen molar-refractivity contribution < 1.29 is 4.79 Å². The van der Waals surface area contributed by atoms with E-state index in [0.29, 0.717) is 0 Å². The zero-order chi connectivity index (χ0) is 5.15. The van der Waals surface area contributed by atoms with Gasteiger partial charge in [0.15, 0.2) is 0 Å². The second-order valence-electron chi connectivity index (χ2n) is 1.36. The van der Waals surface area contributed by atoms with Crippen molar-refractivity contribution in [1.82, 2.24) is 0 Å². The maximum absolute atomic E-state index is 10.0. The zero-order valence-corrected chi connectivity index (χ0v) is 6.84. The van der Waals surface area contributed by atoms with Gasteiger partial charge in [0.1, 0.15) is 0 Å². The molecule has 1 amide bonds. The van der Waals surface area contributed by atoms with Crippen LogP contribution < -0.4 is 5.73 Å². The summed E-state index contributed by atoms with van der Waals surface area (Å²) in [6.07, 6.45) is 0. The molecule has 0 aromatic rings. The van der Waals surface area contributed by atoms with Crippen LogP contribution in [0.2, 0.25) is 9.88 Å². The molecule has 0 aliphatic rings. The fraction of sp³-hybridized carbons (Fsp3) is 0.667. The van der Waals surface area contributed by atoms with Crippen molar-refractivity contribution in [3.63, 3.8) is 0 Å². The normalized spacial score (nSPS) is 9.17. The van der Waals surface area contributed by atoms with Crippen molar-refractivity contribution in [2.75, 3.05) is 0 Å². The Morgan fingerprint density at radius 3 is 1.83 bits per heavy atom. The van der Waals surface area contributed by atoms with E-state index in [1.54, 1.807) is 0 Å². The summed E-state index contributed by atoms with van der Waals surface area (Å²) in [6.45, 7) is 0. The van der Waals surface area contributed by atoms with Crippen molar-refractivity contribution in [2.24, 2.45) is 5.73 Å². The van der Waals surface area contributed by atoms with Gasteiger partial charge >= 0.3 is 44.1 Å². The van der Waals surface area contributed by atoms with Gasteiger partial charge in [-0.25, -0.2) is 0 Å². The number of amides is 1. The van der Waals surface area contributed by atoms with Crippen LogP contribution in [0.4, 0.5) is 4.79 Å². The minimum atomic E-state index is -1.56. The van der Waals surface area contributed by atoms with Crippen molar-refractivity contribution in [2.45, 2.75) is 9.88 Å². The molecular formula is C3H8NOSn. The second-order valence-corrected chi connectivity index (χ2v) is 8.48. The van der Waals surface area contributed by atoms with E-state index in [4.69, 9.17) is 5.73 Å². The molecule has 0 heterocycles. The second kappa shape index (κ2) is 2.44. The van der Waals surface area contributed by atoms with Crippen molar-refractivity contribution in [3.05, 3.63) is 0 Å². The third-order valence-corrected chi connectivity index (χ3v) is 3.31. The van der Waals surface area contributed by atoms with Gasteiger partial charge in [-0.1, -0.05) is 0 Å². The number of carbonyl (C=O) groups is 1. The van der Waals surface area contributed by atoms with Crippen molar-refractivity contribution in [3.8, 4) is 0 Å². The van der Waals surface area contributed by atoms with Crippen LogP contribution in [0.1, 0.15) is 0 Å². The van der Waals surface area contributed by atoms with Crippen LogP contribution in [0.25, 0.3) is 0 Å². The standard InChI is InChI=1S/CH2NO.2CH3.Sn/c2-1-3;;;/h(H2,2,3);2*1H3;. The number of primary amides is 1. The molecule has 6 heavy (non-hydrogen) atoms.